The summed E-state index contributed by atoms with van der Waals surface area (Å²) in [6.45, 7) is 6.40. The van der Waals surface area contributed by atoms with Gasteiger partial charge >= 0.3 is 0 Å². The zero-order valence-electron chi connectivity index (χ0n) is 11.1. The monoisotopic (exact) mass is 236 g/mol. The third kappa shape index (κ3) is 9.76. The first kappa shape index (κ1) is 15.9. The summed E-state index contributed by atoms with van der Waals surface area (Å²) in [4.78, 5) is 10.6. The molecule has 0 aromatic heterocycles. The summed E-state index contributed by atoms with van der Waals surface area (Å²) in [6.07, 6.45) is 11.5. The van der Waals surface area contributed by atoms with Crippen molar-refractivity contribution in [1.29, 1.82) is 0 Å². The first-order valence-corrected chi connectivity index (χ1v) is 6.17. The van der Waals surface area contributed by atoms with Gasteiger partial charge in [-0.2, -0.15) is 0 Å². The number of aliphatic hydroxyl groups excluding tert-OH is 1. The van der Waals surface area contributed by atoms with E-state index in [-0.39, 0.29) is 6.61 Å². The van der Waals surface area contributed by atoms with Crippen LogP contribution in [0.25, 0.3) is 0 Å². The van der Waals surface area contributed by atoms with E-state index in [0.717, 1.165) is 19.1 Å². The van der Waals surface area contributed by atoms with Crippen LogP contribution >= 0.6 is 0 Å². The smallest absolute Gasteiger partial charge is 0.146 e. The van der Waals surface area contributed by atoms with Crippen LogP contribution in [0.5, 0.6) is 0 Å². The second-order valence-corrected chi connectivity index (χ2v) is 4.55. The van der Waals surface area contributed by atoms with Gasteiger partial charge in [0.05, 0.1) is 0 Å². The maximum atomic E-state index is 10.6. The van der Waals surface area contributed by atoms with E-state index in [9.17, 15) is 4.79 Å². The Hall–Kier alpha value is -1.15. The summed E-state index contributed by atoms with van der Waals surface area (Å²) in [7, 11) is 0. The van der Waals surface area contributed by atoms with Crippen LogP contribution in [0.15, 0.2) is 35.5 Å². The molecule has 0 aliphatic heterocycles. The Bertz CT molecular complexity index is 294. The van der Waals surface area contributed by atoms with Crippen molar-refractivity contribution in [3.05, 3.63) is 35.5 Å². The molecule has 0 heterocycles. The lowest BCUT2D eigenvalue weighted by Gasteiger charge is -2.02. The molecular formula is C15H24O2. The molecule has 0 aliphatic rings. The summed E-state index contributed by atoms with van der Waals surface area (Å²) in [5, 5.41) is 8.71. The summed E-state index contributed by atoms with van der Waals surface area (Å²) in [5.74, 6) is 0.504. The highest BCUT2D eigenvalue weighted by Gasteiger charge is 1.95. The van der Waals surface area contributed by atoms with Crippen LogP contribution in [0.3, 0.4) is 0 Å². The van der Waals surface area contributed by atoms with Gasteiger partial charge in [-0.05, 0) is 44.6 Å². The molecule has 1 N–H and O–H groups in total. The van der Waals surface area contributed by atoms with Crippen LogP contribution < -0.4 is 0 Å². The molecule has 1 unspecified atom stereocenters. The highest BCUT2D eigenvalue weighted by molar-refractivity contribution is 5.73. The van der Waals surface area contributed by atoms with E-state index >= 15 is 0 Å². The molecule has 0 bridgehead atoms. The number of hydrogen-bond donors (Lipinski definition) is 1. The number of hydrogen-bond acceptors (Lipinski definition) is 2. The number of aliphatic hydroxyl groups is 1. The lowest BCUT2D eigenvalue weighted by molar-refractivity contribution is -0.105. The maximum absolute atomic E-state index is 10.6. The van der Waals surface area contributed by atoms with E-state index < -0.39 is 0 Å². The summed E-state index contributed by atoms with van der Waals surface area (Å²) in [5.41, 5.74) is 1.99. The van der Waals surface area contributed by atoms with Crippen molar-refractivity contribution in [1.82, 2.24) is 0 Å². The van der Waals surface area contributed by atoms with Gasteiger partial charge in [0.1, 0.15) is 6.29 Å². The molecule has 0 radical (unpaired) electrons. The molecule has 2 heteroatoms. The maximum Gasteiger partial charge on any atom is 0.146 e. The molecule has 2 nitrogen and oxygen atoms in total. The molecule has 1 atom stereocenters. The molecule has 0 saturated carbocycles. The standard InChI is InChI=1S/C15H24O2/c1-13(2)6-4-7-14(3)8-5-9-15(12-17)10-11-16/h5-6,8-9,12,14,16H,4,7,10-11H2,1-3H3/b8-5+,15-9-. The van der Waals surface area contributed by atoms with Crippen LogP contribution in [-0.4, -0.2) is 18.0 Å². The Morgan fingerprint density at radius 3 is 2.59 bits per heavy atom. The fourth-order valence-electron chi connectivity index (χ4n) is 1.41. The van der Waals surface area contributed by atoms with Crippen molar-refractivity contribution in [2.24, 2.45) is 5.92 Å². The van der Waals surface area contributed by atoms with Gasteiger partial charge < -0.3 is 5.11 Å². The van der Waals surface area contributed by atoms with Gasteiger partial charge in [0.2, 0.25) is 0 Å². The van der Waals surface area contributed by atoms with Crippen molar-refractivity contribution in [2.75, 3.05) is 6.61 Å². The predicted molar refractivity (Wildman–Crippen MR) is 72.8 cm³/mol. The Kier molecular flexibility index (Phi) is 9.35. The lowest BCUT2D eigenvalue weighted by Crippen LogP contribution is -1.90. The molecule has 0 rings (SSSR count). The molecule has 17 heavy (non-hydrogen) atoms. The van der Waals surface area contributed by atoms with E-state index in [1.165, 1.54) is 5.57 Å². The first-order chi connectivity index (χ1) is 8.10. The molecule has 0 fully saturated rings. The molecular weight excluding hydrogens is 212 g/mol. The van der Waals surface area contributed by atoms with Crippen LogP contribution in [0.2, 0.25) is 0 Å². The minimum atomic E-state index is 0.0224. The van der Waals surface area contributed by atoms with Crippen LogP contribution in [0.4, 0.5) is 0 Å². The van der Waals surface area contributed by atoms with Gasteiger partial charge in [-0.1, -0.05) is 36.8 Å². The van der Waals surface area contributed by atoms with Crippen LogP contribution in [0.1, 0.15) is 40.0 Å². The average molecular weight is 236 g/mol. The van der Waals surface area contributed by atoms with E-state index in [4.69, 9.17) is 5.11 Å². The lowest BCUT2D eigenvalue weighted by atomic mass is 10.0. The fraction of sp³-hybridized carbons (Fsp3) is 0.533. The zero-order chi connectivity index (χ0) is 13.1. The van der Waals surface area contributed by atoms with Gasteiger partial charge in [0.25, 0.3) is 0 Å². The van der Waals surface area contributed by atoms with Gasteiger partial charge in [0, 0.05) is 6.61 Å². The molecule has 0 spiro atoms. The van der Waals surface area contributed by atoms with Gasteiger partial charge in [-0.25, -0.2) is 0 Å². The van der Waals surface area contributed by atoms with Crippen molar-refractivity contribution < 1.29 is 9.90 Å². The first-order valence-electron chi connectivity index (χ1n) is 6.17. The summed E-state index contributed by atoms with van der Waals surface area (Å²) >= 11 is 0. The van der Waals surface area contributed by atoms with E-state index in [1.54, 1.807) is 6.08 Å². The topological polar surface area (TPSA) is 37.3 Å². The second kappa shape index (κ2) is 10.0. The quantitative estimate of drug-likeness (QED) is 0.303. The van der Waals surface area contributed by atoms with Crippen molar-refractivity contribution in [3.8, 4) is 0 Å². The Labute approximate surface area is 105 Å². The third-order valence-corrected chi connectivity index (χ3v) is 2.48. The molecule has 0 saturated heterocycles. The van der Waals surface area contributed by atoms with Gasteiger partial charge in [0.15, 0.2) is 0 Å². The molecule has 0 aromatic carbocycles. The molecule has 0 aliphatic carbocycles. The second-order valence-electron chi connectivity index (χ2n) is 4.55. The summed E-state index contributed by atoms with van der Waals surface area (Å²) in [6, 6.07) is 0. The third-order valence-electron chi connectivity index (χ3n) is 2.48. The average Bonchev–Trinajstić information content (AvgIpc) is 2.27. The van der Waals surface area contributed by atoms with E-state index in [0.29, 0.717) is 17.9 Å². The number of carbonyl (C=O) groups is 1. The molecule has 0 amide bonds. The van der Waals surface area contributed by atoms with Crippen LogP contribution in [0, 0.1) is 5.92 Å². The molecule has 96 valence electrons. The van der Waals surface area contributed by atoms with Crippen LogP contribution in [-0.2, 0) is 4.79 Å². The van der Waals surface area contributed by atoms with E-state index in [2.05, 4.69) is 32.9 Å². The van der Waals surface area contributed by atoms with Crippen molar-refractivity contribution in [2.45, 2.75) is 40.0 Å². The van der Waals surface area contributed by atoms with Gasteiger partial charge in [-0.3, -0.25) is 4.79 Å². The Balaban J connectivity index is 4.05. The number of allylic oxidation sites excluding steroid dienone is 5. The Morgan fingerprint density at radius 2 is 2.06 bits per heavy atom. The number of rotatable bonds is 8. The minimum absolute atomic E-state index is 0.0224. The highest BCUT2D eigenvalue weighted by atomic mass is 16.3. The fourth-order valence-corrected chi connectivity index (χ4v) is 1.41. The zero-order valence-corrected chi connectivity index (χ0v) is 11.1. The Morgan fingerprint density at radius 1 is 1.35 bits per heavy atom. The van der Waals surface area contributed by atoms with E-state index in [1.807, 2.05) is 6.08 Å². The SMILES string of the molecule is CC(C)=CCCC(C)/C=C/C=C(\C=O)CCO. The van der Waals surface area contributed by atoms with Gasteiger partial charge in [-0.15, -0.1) is 0 Å². The number of aldehydes is 1. The number of carbonyl (C=O) groups excluding carboxylic acids is 1. The predicted octanol–water partition coefficient (Wildman–Crippen LogP) is 3.43. The highest BCUT2D eigenvalue weighted by Crippen LogP contribution is 2.09. The minimum Gasteiger partial charge on any atom is -0.396 e. The van der Waals surface area contributed by atoms with Crippen molar-refractivity contribution >= 4 is 6.29 Å². The van der Waals surface area contributed by atoms with Crippen molar-refractivity contribution in [3.63, 3.8) is 0 Å². The largest absolute Gasteiger partial charge is 0.396 e. The molecule has 0 aromatic rings. The summed E-state index contributed by atoms with van der Waals surface area (Å²) < 4.78 is 0. The normalized spacial score (nSPS) is 13.8.